The van der Waals surface area contributed by atoms with Gasteiger partial charge in [-0.1, -0.05) is 13.8 Å². The lowest BCUT2D eigenvalue weighted by Crippen LogP contribution is -3.21. The SMILES string of the molecule is CCC[NH+](Cc1ccc(OC)c(OC)c1)[C@H]1C[C@H](C)[NH+](C)C[C@@H]1C. The summed E-state index contributed by atoms with van der Waals surface area (Å²) in [5, 5.41) is 0. The smallest absolute Gasteiger partial charge is 0.161 e. The number of rotatable bonds is 7. The molecule has 0 aliphatic carbocycles. The van der Waals surface area contributed by atoms with E-state index < -0.39 is 0 Å². The van der Waals surface area contributed by atoms with Gasteiger partial charge in [-0.05, 0) is 31.5 Å². The Morgan fingerprint density at radius 1 is 1.17 bits per heavy atom. The average molecular weight is 337 g/mol. The number of piperidine rings is 1. The Bertz CT molecular complexity index is 520. The summed E-state index contributed by atoms with van der Waals surface area (Å²) in [7, 11) is 5.74. The molecule has 1 fully saturated rings. The summed E-state index contributed by atoms with van der Waals surface area (Å²) in [5.74, 6) is 2.41. The Morgan fingerprint density at radius 3 is 2.50 bits per heavy atom. The van der Waals surface area contributed by atoms with Crippen molar-refractivity contribution in [3.8, 4) is 11.5 Å². The topological polar surface area (TPSA) is 27.3 Å². The van der Waals surface area contributed by atoms with E-state index in [9.17, 15) is 0 Å². The van der Waals surface area contributed by atoms with E-state index in [0.29, 0.717) is 0 Å². The highest BCUT2D eigenvalue weighted by atomic mass is 16.5. The quantitative estimate of drug-likeness (QED) is 0.771. The lowest BCUT2D eigenvalue weighted by atomic mass is 9.88. The van der Waals surface area contributed by atoms with Crippen LogP contribution in [-0.4, -0.2) is 46.4 Å². The van der Waals surface area contributed by atoms with E-state index in [1.54, 1.807) is 24.0 Å². The Morgan fingerprint density at radius 2 is 1.88 bits per heavy atom. The van der Waals surface area contributed by atoms with E-state index in [4.69, 9.17) is 9.47 Å². The fraction of sp³-hybridized carbons (Fsp3) is 0.700. The molecule has 0 radical (unpaired) electrons. The molecule has 136 valence electrons. The number of ether oxygens (including phenoxy) is 2. The van der Waals surface area contributed by atoms with Gasteiger partial charge in [-0.25, -0.2) is 0 Å². The summed E-state index contributed by atoms with van der Waals surface area (Å²) < 4.78 is 10.8. The molecule has 1 aliphatic heterocycles. The number of likely N-dealkylation sites (tertiary alicyclic amines) is 1. The highest BCUT2D eigenvalue weighted by molar-refractivity contribution is 5.42. The van der Waals surface area contributed by atoms with Gasteiger partial charge in [-0.2, -0.15) is 0 Å². The first kappa shape index (κ1) is 19.1. The lowest BCUT2D eigenvalue weighted by Gasteiger charge is -2.40. The minimum absolute atomic E-state index is 0.747. The molecule has 4 nitrogen and oxygen atoms in total. The second-order valence-corrected chi connectivity index (χ2v) is 7.55. The first-order chi connectivity index (χ1) is 11.5. The molecule has 2 unspecified atom stereocenters. The van der Waals surface area contributed by atoms with E-state index in [2.05, 4.69) is 40.0 Å². The van der Waals surface area contributed by atoms with Crippen molar-refractivity contribution in [1.82, 2.24) is 0 Å². The number of nitrogens with one attached hydrogen (secondary N) is 2. The zero-order chi connectivity index (χ0) is 17.7. The van der Waals surface area contributed by atoms with Crippen LogP contribution in [0.25, 0.3) is 0 Å². The summed E-state index contributed by atoms with van der Waals surface area (Å²) in [6.45, 7) is 10.7. The molecule has 1 heterocycles. The second-order valence-electron chi connectivity index (χ2n) is 7.55. The molecule has 4 heteroatoms. The van der Waals surface area contributed by atoms with Gasteiger partial charge in [0.25, 0.3) is 0 Å². The Balaban J connectivity index is 2.16. The Labute approximate surface area is 147 Å². The van der Waals surface area contributed by atoms with Crippen LogP contribution in [-0.2, 0) is 6.54 Å². The van der Waals surface area contributed by atoms with Crippen LogP contribution in [0.15, 0.2) is 18.2 Å². The van der Waals surface area contributed by atoms with Gasteiger partial charge in [0.05, 0.1) is 52.7 Å². The van der Waals surface area contributed by atoms with Gasteiger partial charge in [0.2, 0.25) is 0 Å². The minimum atomic E-state index is 0.747. The second kappa shape index (κ2) is 8.72. The van der Waals surface area contributed by atoms with E-state index in [-0.39, 0.29) is 0 Å². The largest absolute Gasteiger partial charge is 0.493 e. The first-order valence-electron chi connectivity index (χ1n) is 9.37. The molecule has 0 amide bonds. The van der Waals surface area contributed by atoms with Gasteiger partial charge in [0, 0.05) is 5.56 Å². The van der Waals surface area contributed by atoms with E-state index in [0.717, 1.165) is 36.0 Å². The number of hydrogen-bond acceptors (Lipinski definition) is 2. The van der Waals surface area contributed by atoms with E-state index in [1.807, 2.05) is 6.07 Å². The summed E-state index contributed by atoms with van der Waals surface area (Å²) in [5.41, 5.74) is 1.34. The van der Waals surface area contributed by atoms with Crippen LogP contribution in [0.2, 0.25) is 0 Å². The number of benzene rings is 1. The lowest BCUT2D eigenvalue weighted by molar-refractivity contribution is -0.975. The molecule has 24 heavy (non-hydrogen) atoms. The molecule has 1 aromatic carbocycles. The van der Waals surface area contributed by atoms with Crippen LogP contribution in [0.4, 0.5) is 0 Å². The predicted octanol–water partition coefficient (Wildman–Crippen LogP) is 0.810. The first-order valence-corrected chi connectivity index (χ1v) is 9.37. The molecule has 2 N–H and O–H groups in total. The maximum Gasteiger partial charge on any atom is 0.161 e. The summed E-state index contributed by atoms with van der Waals surface area (Å²) >= 11 is 0. The van der Waals surface area contributed by atoms with Crippen LogP contribution >= 0.6 is 0 Å². The van der Waals surface area contributed by atoms with Gasteiger partial charge >= 0.3 is 0 Å². The fourth-order valence-electron chi connectivity index (χ4n) is 4.21. The minimum Gasteiger partial charge on any atom is -0.493 e. The zero-order valence-corrected chi connectivity index (χ0v) is 16.3. The van der Waals surface area contributed by atoms with Crippen molar-refractivity contribution in [2.24, 2.45) is 5.92 Å². The van der Waals surface area contributed by atoms with Crippen LogP contribution < -0.4 is 19.3 Å². The summed E-state index contributed by atoms with van der Waals surface area (Å²) in [6.07, 6.45) is 2.54. The van der Waals surface area contributed by atoms with Crippen LogP contribution in [0.5, 0.6) is 11.5 Å². The van der Waals surface area contributed by atoms with Gasteiger partial charge < -0.3 is 19.3 Å². The van der Waals surface area contributed by atoms with Crippen molar-refractivity contribution in [1.29, 1.82) is 0 Å². The molecule has 1 saturated heterocycles. The monoisotopic (exact) mass is 336 g/mol. The predicted molar refractivity (Wildman–Crippen MR) is 98.2 cm³/mol. The Kier molecular flexibility index (Phi) is 6.93. The Hall–Kier alpha value is -1.26. The zero-order valence-electron chi connectivity index (χ0n) is 16.3. The van der Waals surface area contributed by atoms with Crippen LogP contribution in [0.1, 0.15) is 39.2 Å². The molecular formula is C20H36N2O2+2. The molecule has 0 saturated carbocycles. The van der Waals surface area contributed by atoms with Crippen LogP contribution in [0.3, 0.4) is 0 Å². The van der Waals surface area contributed by atoms with Gasteiger partial charge in [-0.3, -0.25) is 0 Å². The van der Waals surface area contributed by atoms with Gasteiger partial charge in [0.1, 0.15) is 12.6 Å². The molecule has 5 atom stereocenters. The molecule has 0 bridgehead atoms. The van der Waals surface area contributed by atoms with E-state index in [1.165, 1.54) is 31.5 Å². The van der Waals surface area contributed by atoms with Crippen molar-refractivity contribution >= 4 is 0 Å². The van der Waals surface area contributed by atoms with Crippen molar-refractivity contribution < 1.29 is 19.3 Å². The highest BCUT2D eigenvalue weighted by Gasteiger charge is 2.38. The number of quaternary nitrogens is 2. The van der Waals surface area contributed by atoms with Crippen molar-refractivity contribution in [2.45, 2.75) is 52.2 Å². The average Bonchev–Trinajstić information content (AvgIpc) is 2.57. The number of methoxy groups -OCH3 is 2. The summed E-state index contributed by atoms with van der Waals surface area (Å²) in [6, 6.07) is 7.86. The molecule has 1 aliphatic rings. The summed E-state index contributed by atoms with van der Waals surface area (Å²) in [4.78, 5) is 3.40. The highest BCUT2D eigenvalue weighted by Crippen LogP contribution is 2.27. The molecular weight excluding hydrogens is 300 g/mol. The molecule has 1 aromatic rings. The van der Waals surface area contributed by atoms with E-state index >= 15 is 0 Å². The third-order valence-electron chi connectivity index (χ3n) is 5.75. The molecule has 0 aromatic heterocycles. The maximum atomic E-state index is 5.48. The standard InChI is InChI=1S/C20H34N2O2/c1-7-10-22(18-11-16(3)21(4)13-15(18)2)14-17-8-9-19(23-5)20(12-17)24-6/h8-9,12,15-16,18H,7,10-11,13-14H2,1-6H3/p+2/t15-,16-,18-/m0/s1. The normalized spacial score (nSPS) is 28.4. The van der Waals surface area contributed by atoms with Crippen molar-refractivity contribution in [3.63, 3.8) is 0 Å². The fourth-order valence-corrected chi connectivity index (χ4v) is 4.21. The third kappa shape index (κ3) is 4.42. The number of hydrogen-bond donors (Lipinski definition) is 2. The van der Waals surface area contributed by atoms with Crippen molar-refractivity contribution in [2.75, 3.05) is 34.4 Å². The van der Waals surface area contributed by atoms with Gasteiger partial charge in [-0.15, -0.1) is 0 Å². The van der Waals surface area contributed by atoms with Crippen LogP contribution in [0, 0.1) is 5.92 Å². The van der Waals surface area contributed by atoms with Gasteiger partial charge in [0.15, 0.2) is 11.5 Å². The third-order valence-corrected chi connectivity index (χ3v) is 5.75. The molecule has 0 spiro atoms. The van der Waals surface area contributed by atoms with Crippen molar-refractivity contribution in [3.05, 3.63) is 23.8 Å². The maximum absolute atomic E-state index is 5.48. The molecule has 2 rings (SSSR count).